The Kier molecular flexibility index (Phi) is 19.9. The zero-order valence-corrected chi connectivity index (χ0v) is 23.4. The van der Waals surface area contributed by atoms with Crippen molar-refractivity contribution in [2.75, 3.05) is 26.4 Å². The molecular formula is C12H29ClO4P8. The summed E-state index contributed by atoms with van der Waals surface area (Å²) in [7, 11) is 13.5. The molecule has 2 aliphatic heterocycles. The minimum atomic E-state index is -0.449. The van der Waals surface area contributed by atoms with Gasteiger partial charge in [0.05, 0.1) is 0 Å². The average Bonchev–Trinajstić information content (AvgIpc) is 2.62. The second-order valence-corrected chi connectivity index (χ2v) is 26.4. The lowest BCUT2D eigenvalue weighted by Gasteiger charge is -2.22. The predicted octanol–water partition coefficient (Wildman–Crippen LogP) is 5.61. The largest absolute Gasteiger partial charge is 0.381 e. The summed E-state index contributed by atoms with van der Waals surface area (Å²) in [6.45, 7) is 3.03. The van der Waals surface area contributed by atoms with Crippen molar-refractivity contribution in [1.29, 1.82) is 0 Å². The zero-order chi connectivity index (χ0) is 19.2. The fraction of sp³-hybridized carbons (Fsp3) is 0.833. The Balaban J connectivity index is 0.000000391. The van der Waals surface area contributed by atoms with Crippen LogP contribution in [0.2, 0.25) is 0 Å². The van der Waals surface area contributed by atoms with Gasteiger partial charge in [0.25, 0.3) is 0 Å². The minimum Gasteiger partial charge on any atom is -0.381 e. The Labute approximate surface area is 172 Å². The van der Waals surface area contributed by atoms with E-state index in [1.807, 2.05) is 0 Å². The van der Waals surface area contributed by atoms with Gasteiger partial charge in [-0.3, -0.25) is 9.59 Å². The van der Waals surface area contributed by atoms with E-state index in [2.05, 4.69) is 44.6 Å². The Hall–Kier alpha value is 2.99. The van der Waals surface area contributed by atoms with Crippen LogP contribution in [0.5, 0.6) is 0 Å². The van der Waals surface area contributed by atoms with E-state index in [4.69, 9.17) is 21.1 Å². The molecule has 2 heterocycles. The van der Waals surface area contributed by atoms with E-state index in [0.717, 1.165) is 38.9 Å². The topological polar surface area (TPSA) is 52.6 Å². The molecule has 0 aromatic heterocycles. The number of halogens is 1. The van der Waals surface area contributed by atoms with Gasteiger partial charge in [0.15, 0.2) is 5.52 Å². The van der Waals surface area contributed by atoms with Crippen LogP contribution in [0.4, 0.5) is 0 Å². The highest BCUT2D eigenvalue weighted by Crippen LogP contribution is 2.67. The Bertz CT molecular complexity index is 375. The molecule has 0 aliphatic carbocycles. The van der Waals surface area contributed by atoms with Crippen LogP contribution in [-0.4, -0.2) is 37.2 Å². The van der Waals surface area contributed by atoms with Crippen LogP contribution in [0.15, 0.2) is 0 Å². The van der Waals surface area contributed by atoms with Gasteiger partial charge in [-0.1, -0.05) is 16.9 Å². The van der Waals surface area contributed by atoms with Gasteiger partial charge >= 0.3 is 0 Å². The zero-order valence-electron chi connectivity index (χ0n) is 14.1. The maximum Gasteiger partial charge on any atom is 0.224 e. The van der Waals surface area contributed by atoms with Crippen molar-refractivity contribution in [3.8, 4) is 0 Å². The van der Waals surface area contributed by atoms with Gasteiger partial charge in [0.2, 0.25) is 5.24 Å². The van der Waals surface area contributed by atoms with Gasteiger partial charge in [-0.15, -0.1) is 35.7 Å². The molecule has 0 aromatic carbocycles. The lowest BCUT2D eigenvalue weighted by Crippen LogP contribution is -2.21. The van der Waals surface area contributed by atoms with Crippen molar-refractivity contribution in [3.05, 3.63) is 0 Å². The fourth-order valence-corrected chi connectivity index (χ4v) is 5.83. The summed E-state index contributed by atoms with van der Waals surface area (Å²) in [4.78, 5) is 22.2. The fourth-order valence-electron chi connectivity index (χ4n) is 2.13. The molecule has 0 spiro atoms. The lowest BCUT2D eigenvalue weighted by molar-refractivity contribution is -0.118. The molecule has 0 bridgehead atoms. The molecular weight excluding hydrogens is 491 g/mol. The molecule has 2 aliphatic rings. The number of hydrogen-bond donors (Lipinski definition) is 0. The second kappa shape index (κ2) is 17.8. The summed E-state index contributed by atoms with van der Waals surface area (Å²) in [5, 5.41) is -0.210. The summed E-state index contributed by atoms with van der Waals surface area (Å²) in [6, 6.07) is 0. The van der Waals surface area contributed by atoms with Gasteiger partial charge < -0.3 is 9.47 Å². The third-order valence-electron chi connectivity index (χ3n) is 3.49. The van der Waals surface area contributed by atoms with Crippen LogP contribution in [-0.2, 0) is 19.1 Å². The maximum atomic E-state index is 11.7. The van der Waals surface area contributed by atoms with E-state index in [0.29, 0.717) is 26.7 Å². The summed E-state index contributed by atoms with van der Waals surface area (Å²) in [5.41, 5.74) is 0.464. The summed E-state index contributed by atoms with van der Waals surface area (Å²) >= 11 is 5.26. The van der Waals surface area contributed by atoms with Gasteiger partial charge in [0.1, 0.15) is 0 Å². The highest BCUT2D eigenvalue weighted by Gasteiger charge is 2.24. The highest BCUT2D eigenvalue weighted by molar-refractivity contribution is 8.66. The normalized spacial score (nSPS) is 20.4. The first kappa shape index (κ1) is 28.0. The Morgan fingerprint density at radius 2 is 1.24 bits per heavy atom. The van der Waals surface area contributed by atoms with Crippen LogP contribution in [0.25, 0.3) is 0 Å². The number of rotatable bonds is 4. The number of ether oxygens (including phenoxy) is 2. The summed E-state index contributed by atoms with van der Waals surface area (Å²) < 4.78 is 10.2. The monoisotopic (exact) mass is 520 g/mol. The Morgan fingerprint density at radius 3 is 1.52 bits per heavy atom. The first-order chi connectivity index (χ1) is 11.8. The van der Waals surface area contributed by atoms with Crippen molar-refractivity contribution in [2.24, 2.45) is 11.8 Å². The lowest BCUT2D eigenvalue weighted by atomic mass is 10.0. The molecule has 25 heavy (non-hydrogen) atoms. The smallest absolute Gasteiger partial charge is 0.224 e. The molecule has 2 fully saturated rings. The molecule has 7 atom stereocenters. The van der Waals surface area contributed by atoms with E-state index in [-0.39, 0.29) is 24.1 Å². The van der Waals surface area contributed by atoms with Gasteiger partial charge in [-0.2, -0.15) is 0 Å². The molecule has 148 valence electrons. The molecule has 0 radical (unpaired) electrons. The molecule has 13 heteroatoms. The minimum absolute atomic E-state index is 0.0559. The first-order valence-electron chi connectivity index (χ1n) is 7.73. The average molecular weight is 521 g/mol. The molecule has 0 saturated carbocycles. The van der Waals surface area contributed by atoms with Gasteiger partial charge in [-0.25, -0.2) is 0 Å². The molecule has 0 aromatic rings. The standard InChI is InChI=1S/C6H9ClO2.C6H14O2P4.H6P4/c7-6(8)5-1-3-9-4-2-5;7-6(12(10)11-9)5-1-3-8-4-2-5;1-4(2)3/h5H,1-4H2;5,11H,1-4,9-10H2;1-3H2. The van der Waals surface area contributed by atoms with Crippen molar-refractivity contribution in [2.45, 2.75) is 25.7 Å². The first-order valence-corrected chi connectivity index (χ1v) is 20.9. The molecule has 2 saturated heterocycles. The van der Waals surface area contributed by atoms with E-state index < -0.39 is 7.30 Å². The third kappa shape index (κ3) is 15.5. The molecule has 2 rings (SSSR count). The summed E-state index contributed by atoms with van der Waals surface area (Å²) in [5.74, 6) is 0.343. The van der Waals surface area contributed by atoms with Crippen molar-refractivity contribution in [1.82, 2.24) is 0 Å². The van der Waals surface area contributed by atoms with E-state index >= 15 is 0 Å². The van der Waals surface area contributed by atoms with E-state index in [9.17, 15) is 9.59 Å². The van der Waals surface area contributed by atoms with Gasteiger partial charge in [0, 0.05) is 45.6 Å². The Morgan fingerprint density at radius 1 is 0.880 bits per heavy atom. The van der Waals surface area contributed by atoms with Crippen LogP contribution in [0.1, 0.15) is 25.7 Å². The second-order valence-electron chi connectivity index (χ2n) is 5.36. The van der Waals surface area contributed by atoms with Crippen molar-refractivity contribution in [3.63, 3.8) is 0 Å². The van der Waals surface area contributed by atoms with Crippen LogP contribution < -0.4 is 0 Å². The number of carbonyl (C=O) groups excluding carboxylic acids is 2. The number of carbonyl (C=O) groups is 2. The summed E-state index contributed by atoms with van der Waals surface area (Å²) in [6.07, 6.45) is 3.45. The van der Waals surface area contributed by atoms with Crippen molar-refractivity contribution >= 4 is 89.3 Å². The van der Waals surface area contributed by atoms with E-state index in [1.54, 1.807) is 0 Å². The highest BCUT2D eigenvalue weighted by atomic mass is 35.5. The molecule has 0 N–H and O–H groups in total. The SMILES string of the molecule is O=C(C1CCOCC1)P(P)PP.O=C(Cl)C1CCOCC1.PP(P)P. The molecule has 0 amide bonds. The molecule has 7 unspecified atom stereocenters. The number of hydrogen-bond acceptors (Lipinski definition) is 4. The van der Waals surface area contributed by atoms with Crippen LogP contribution in [0, 0.1) is 11.8 Å². The van der Waals surface area contributed by atoms with Crippen LogP contribution in [0.3, 0.4) is 0 Å². The quantitative estimate of drug-likeness (QED) is 0.357. The predicted molar refractivity (Wildman–Crippen MR) is 134 cm³/mol. The van der Waals surface area contributed by atoms with Crippen LogP contribution >= 0.6 is 78.5 Å². The van der Waals surface area contributed by atoms with Crippen molar-refractivity contribution < 1.29 is 19.1 Å². The van der Waals surface area contributed by atoms with E-state index in [1.165, 1.54) is 0 Å². The maximum absolute atomic E-state index is 11.7. The third-order valence-corrected chi connectivity index (χ3v) is 13.7. The molecule has 4 nitrogen and oxygen atoms in total. The van der Waals surface area contributed by atoms with Gasteiger partial charge in [-0.05, 0) is 44.3 Å².